The normalized spacial score (nSPS) is 12.9. The van der Waals surface area contributed by atoms with Gasteiger partial charge in [0.1, 0.15) is 6.04 Å². The highest BCUT2D eigenvalue weighted by Gasteiger charge is 2.17. The minimum atomic E-state index is -3.22. The number of carbonyl (C=O) groups is 1. The van der Waals surface area contributed by atoms with Crippen molar-refractivity contribution in [1.82, 2.24) is 0 Å². The van der Waals surface area contributed by atoms with Crippen LogP contribution in [0.4, 0.5) is 5.69 Å². The highest BCUT2D eigenvalue weighted by atomic mass is 32.2. The number of unbranched alkanes of at least 4 members (excludes halogenated alkanes) is 1. The molecule has 0 aliphatic heterocycles. The Balaban J connectivity index is 2.80. The van der Waals surface area contributed by atoms with Gasteiger partial charge >= 0.3 is 5.97 Å². The lowest BCUT2D eigenvalue weighted by atomic mass is 10.1. The van der Waals surface area contributed by atoms with Crippen LogP contribution in [-0.4, -0.2) is 31.3 Å². The van der Waals surface area contributed by atoms with Crippen molar-refractivity contribution in [3.8, 4) is 0 Å². The number of aliphatic carboxylic acids is 1. The molecule has 5 nitrogen and oxygen atoms in total. The summed E-state index contributed by atoms with van der Waals surface area (Å²) >= 11 is 0. The molecule has 0 heterocycles. The molecule has 6 heteroatoms. The molecule has 2 N–H and O–H groups in total. The van der Waals surface area contributed by atoms with Crippen molar-refractivity contribution in [3.63, 3.8) is 0 Å². The SMILES string of the molecule is CCCCC(Nc1ccc(S(=O)(=O)CC)cc1)C(=O)O. The summed E-state index contributed by atoms with van der Waals surface area (Å²) in [5.74, 6) is -0.850. The summed E-state index contributed by atoms with van der Waals surface area (Å²) in [6.45, 7) is 3.59. The van der Waals surface area contributed by atoms with Crippen molar-refractivity contribution < 1.29 is 18.3 Å². The molecular weight excluding hydrogens is 278 g/mol. The van der Waals surface area contributed by atoms with E-state index in [0.29, 0.717) is 12.1 Å². The Labute approximate surface area is 119 Å². The maximum atomic E-state index is 11.7. The van der Waals surface area contributed by atoms with Crippen LogP contribution < -0.4 is 5.32 Å². The van der Waals surface area contributed by atoms with Gasteiger partial charge in [-0.3, -0.25) is 0 Å². The Morgan fingerprint density at radius 1 is 1.25 bits per heavy atom. The summed E-state index contributed by atoms with van der Waals surface area (Å²) < 4.78 is 23.3. The van der Waals surface area contributed by atoms with Gasteiger partial charge in [-0.1, -0.05) is 26.7 Å². The van der Waals surface area contributed by atoms with E-state index in [-0.39, 0.29) is 10.6 Å². The van der Waals surface area contributed by atoms with Crippen LogP contribution in [0.15, 0.2) is 29.2 Å². The minimum absolute atomic E-state index is 0.0496. The van der Waals surface area contributed by atoms with Gasteiger partial charge in [0.25, 0.3) is 0 Å². The first-order chi connectivity index (χ1) is 9.40. The van der Waals surface area contributed by atoms with Crippen LogP contribution >= 0.6 is 0 Å². The van der Waals surface area contributed by atoms with Gasteiger partial charge in [0, 0.05) is 5.69 Å². The summed E-state index contributed by atoms with van der Waals surface area (Å²) in [5, 5.41) is 12.0. The molecule has 1 aromatic carbocycles. The number of hydrogen-bond donors (Lipinski definition) is 2. The largest absolute Gasteiger partial charge is 0.480 e. The van der Waals surface area contributed by atoms with Gasteiger partial charge in [-0.05, 0) is 30.7 Å². The Bertz CT molecular complexity index is 537. The fraction of sp³-hybridized carbons (Fsp3) is 0.500. The minimum Gasteiger partial charge on any atom is -0.480 e. The number of anilines is 1. The van der Waals surface area contributed by atoms with E-state index in [4.69, 9.17) is 5.11 Å². The molecule has 1 unspecified atom stereocenters. The molecule has 0 saturated carbocycles. The Hall–Kier alpha value is -1.56. The molecule has 0 aromatic heterocycles. The Morgan fingerprint density at radius 3 is 2.30 bits per heavy atom. The maximum absolute atomic E-state index is 11.7. The van der Waals surface area contributed by atoms with Crippen LogP contribution in [0.25, 0.3) is 0 Å². The maximum Gasteiger partial charge on any atom is 0.326 e. The second kappa shape index (κ2) is 7.28. The van der Waals surface area contributed by atoms with Crippen molar-refractivity contribution in [1.29, 1.82) is 0 Å². The fourth-order valence-corrected chi connectivity index (χ4v) is 2.68. The van der Waals surface area contributed by atoms with E-state index in [0.717, 1.165) is 12.8 Å². The second-order valence-corrected chi connectivity index (χ2v) is 6.88. The van der Waals surface area contributed by atoms with E-state index >= 15 is 0 Å². The molecule has 1 aromatic rings. The molecule has 0 fully saturated rings. The van der Waals surface area contributed by atoms with E-state index < -0.39 is 21.8 Å². The lowest BCUT2D eigenvalue weighted by Gasteiger charge is -2.15. The fourth-order valence-electron chi connectivity index (χ4n) is 1.79. The van der Waals surface area contributed by atoms with E-state index in [1.807, 2.05) is 6.92 Å². The van der Waals surface area contributed by atoms with Crippen LogP contribution in [0, 0.1) is 0 Å². The molecule has 20 heavy (non-hydrogen) atoms. The van der Waals surface area contributed by atoms with Crippen LogP contribution in [0.2, 0.25) is 0 Å². The summed E-state index contributed by atoms with van der Waals surface area (Å²) in [7, 11) is -3.22. The van der Waals surface area contributed by atoms with Gasteiger partial charge in [0.15, 0.2) is 9.84 Å². The molecule has 112 valence electrons. The first-order valence-corrected chi connectivity index (χ1v) is 8.38. The third-order valence-corrected chi connectivity index (χ3v) is 4.83. The van der Waals surface area contributed by atoms with Crippen molar-refractivity contribution >= 4 is 21.5 Å². The van der Waals surface area contributed by atoms with Gasteiger partial charge in [-0.15, -0.1) is 0 Å². The number of benzene rings is 1. The van der Waals surface area contributed by atoms with Crippen molar-refractivity contribution in [2.45, 2.75) is 44.0 Å². The summed E-state index contributed by atoms with van der Waals surface area (Å²) in [6, 6.07) is 5.55. The number of hydrogen-bond acceptors (Lipinski definition) is 4. The standard InChI is InChI=1S/C14H21NO4S/c1-3-5-6-13(14(16)17)15-11-7-9-12(10-8-11)20(18,19)4-2/h7-10,13,15H,3-6H2,1-2H3,(H,16,17). The average Bonchev–Trinajstić information content (AvgIpc) is 2.43. The number of nitrogens with one attached hydrogen (secondary N) is 1. The molecule has 0 bridgehead atoms. The highest BCUT2D eigenvalue weighted by molar-refractivity contribution is 7.91. The quantitative estimate of drug-likeness (QED) is 0.770. The Morgan fingerprint density at radius 2 is 1.85 bits per heavy atom. The van der Waals surface area contributed by atoms with Crippen molar-refractivity contribution in [3.05, 3.63) is 24.3 Å². The molecule has 0 saturated heterocycles. The summed E-state index contributed by atoms with van der Waals surface area (Å²) in [6.07, 6.45) is 2.30. The third-order valence-electron chi connectivity index (χ3n) is 3.08. The predicted octanol–water partition coefficient (Wildman–Crippen LogP) is 2.54. The average molecular weight is 299 g/mol. The second-order valence-electron chi connectivity index (χ2n) is 4.61. The van der Waals surface area contributed by atoms with E-state index in [9.17, 15) is 13.2 Å². The smallest absolute Gasteiger partial charge is 0.326 e. The molecule has 1 atom stereocenters. The zero-order valence-corrected chi connectivity index (χ0v) is 12.6. The van der Waals surface area contributed by atoms with Crippen molar-refractivity contribution in [2.24, 2.45) is 0 Å². The lowest BCUT2D eigenvalue weighted by molar-refractivity contribution is -0.138. The lowest BCUT2D eigenvalue weighted by Crippen LogP contribution is -2.29. The third kappa shape index (κ3) is 4.52. The molecule has 0 amide bonds. The van der Waals surface area contributed by atoms with Gasteiger partial charge in [-0.25, -0.2) is 13.2 Å². The zero-order chi connectivity index (χ0) is 15.2. The highest BCUT2D eigenvalue weighted by Crippen LogP contribution is 2.17. The first kappa shape index (κ1) is 16.5. The zero-order valence-electron chi connectivity index (χ0n) is 11.8. The topological polar surface area (TPSA) is 83.5 Å². The molecule has 1 rings (SSSR count). The van der Waals surface area contributed by atoms with E-state index in [1.54, 1.807) is 19.1 Å². The first-order valence-electron chi connectivity index (χ1n) is 6.73. The van der Waals surface area contributed by atoms with Crippen LogP contribution in [0.1, 0.15) is 33.1 Å². The van der Waals surface area contributed by atoms with Crippen LogP contribution in [-0.2, 0) is 14.6 Å². The van der Waals surface area contributed by atoms with E-state index in [1.165, 1.54) is 12.1 Å². The van der Waals surface area contributed by atoms with Crippen molar-refractivity contribution in [2.75, 3.05) is 11.1 Å². The Kier molecular flexibility index (Phi) is 6.01. The van der Waals surface area contributed by atoms with Gasteiger partial charge < -0.3 is 10.4 Å². The molecular formula is C14H21NO4S. The molecule has 0 aliphatic carbocycles. The summed E-state index contributed by atoms with van der Waals surface area (Å²) in [5.41, 5.74) is 0.614. The molecule has 0 spiro atoms. The number of rotatable bonds is 8. The van der Waals surface area contributed by atoms with Gasteiger partial charge in [0.05, 0.1) is 10.6 Å². The van der Waals surface area contributed by atoms with E-state index in [2.05, 4.69) is 5.32 Å². The van der Waals surface area contributed by atoms with Gasteiger partial charge in [0.2, 0.25) is 0 Å². The number of sulfone groups is 1. The predicted molar refractivity (Wildman–Crippen MR) is 78.7 cm³/mol. The molecule has 0 aliphatic rings. The molecule has 0 radical (unpaired) electrons. The summed E-state index contributed by atoms with van der Waals surface area (Å²) in [4.78, 5) is 11.4. The van der Waals surface area contributed by atoms with Crippen LogP contribution in [0.3, 0.4) is 0 Å². The van der Waals surface area contributed by atoms with Crippen LogP contribution in [0.5, 0.6) is 0 Å². The monoisotopic (exact) mass is 299 g/mol. The van der Waals surface area contributed by atoms with Gasteiger partial charge in [-0.2, -0.15) is 0 Å². The number of carboxylic acids is 1. The number of carboxylic acid groups (broad SMARTS) is 1.